The van der Waals surface area contributed by atoms with Gasteiger partial charge in [0.05, 0.1) is 18.7 Å². The van der Waals surface area contributed by atoms with Crippen molar-refractivity contribution in [3.05, 3.63) is 53.6 Å². The highest BCUT2D eigenvalue weighted by molar-refractivity contribution is 6.42. The largest absolute Gasteiger partial charge is 0.491 e. The topological polar surface area (TPSA) is 80.3 Å². The average molecular weight is 402 g/mol. The van der Waals surface area contributed by atoms with Gasteiger partial charge in [-0.3, -0.25) is 4.79 Å². The molecular weight excluding hydrogens is 385 g/mol. The summed E-state index contributed by atoms with van der Waals surface area (Å²) in [7, 11) is 0. The molecule has 0 spiro atoms. The molecule has 2 N–H and O–H groups in total. The van der Waals surface area contributed by atoms with Gasteiger partial charge in [0, 0.05) is 12.1 Å². The number of halogens is 3. The predicted octanol–water partition coefficient (Wildman–Crippen LogP) is 2.86. The molecule has 9 heteroatoms. The van der Waals surface area contributed by atoms with Gasteiger partial charge in [-0.25, -0.2) is 9.98 Å². The molecule has 1 amide bonds. The number of fused-ring (bicyclic) bond motifs is 1. The maximum Gasteiger partial charge on any atom is 0.416 e. The number of amides is 1. The Morgan fingerprint density at radius 2 is 1.83 bits per heavy atom. The lowest BCUT2D eigenvalue weighted by atomic mass is 10.0. The summed E-state index contributed by atoms with van der Waals surface area (Å²) in [5.41, 5.74) is 7.25. The Kier molecular flexibility index (Phi) is 4.73. The molecule has 4 rings (SSSR count). The van der Waals surface area contributed by atoms with Gasteiger partial charge in [0.15, 0.2) is 0 Å². The van der Waals surface area contributed by atoms with Gasteiger partial charge in [-0.2, -0.15) is 13.2 Å². The Labute approximate surface area is 164 Å². The Hall–Kier alpha value is -3.36. The summed E-state index contributed by atoms with van der Waals surface area (Å²) in [5, 5.41) is 0. The Morgan fingerprint density at radius 1 is 1.10 bits per heavy atom. The number of rotatable bonds is 2. The van der Waals surface area contributed by atoms with Crippen molar-refractivity contribution in [3.63, 3.8) is 0 Å². The Morgan fingerprint density at radius 3 is 2.48 bits per heavy atom. The predicted molar refractivity (Wildman–Crippen MR) is 102 cm³/mol. The molecule has 0 aromatic heterocycles. The maximum absolute atomic E-state index is 12.8. The van der Waals surface area contributed by atoms with Crippen LogP contribution in [0.1, 0.15) is 11.1 Å². The minimum Gasteiger partial charge on any atom is -0.491 e. The van der Waals surface area contributed by atoms with Crippen LogP contribution in [0.5, 0.6) is 5.75 Å². The van der Waals surface area contributed by atoms with E-state index in [-0.39, 0.29) is 24.1 Å². The fraction of sp³-hybridized carbons (Fsp3) is 0.250. The van der Waals surface area contributed by atoms with Crippen LogP contribution >= 0.6 is 0 Å². The minimum atomic E-state index is -4.38. The molecule has 0 atom stereocenters. The number of carbonyl (C=O) groups is 1. The molecule has 0 saturated carbocycles. The summed E-state index contributed by atoms with van der Waals surface area (Å²) in [6.07, 6.45) is -4.38. The number of nitrogens with two attached hydrogens (primary N) is 1. The van der Waals surface area contributed by atoms with Gasteiger partial charge in [0.2, 0.25) is 5.96 Å². The Balaban J connectivity index is 1.59. The molecule has 0 aliphatic carbocycles. The van der Waals surface area contributed by atoms with Crippen LogP contribution in [0.3, 0.4) is 0 Å². The number of alkyl halides is 3. The molecule has 6 nitrogen and oxygen atoms in total. The lowest BCUT2D eigenvalue weighted by Gasteiger charge is -2.19. The van der Waals surface area contributed by atoms with Crippen LogP contribution in [0.15, 0.2) is 52.4 Å². The van der Waals surface area contributed by atoms with Crippen LogP contribution < -0.4 is 10.5 Å². The van der Waals surface area contributed by atoms with Crippen LogP contribution in [0.2, 0.25) is 0 Å². The number of aliphatic imine (C=N–C) groups is 2. The lowest BCUT2D eigenvalue weighted by Crippen LogP contribution is -2.38. The van der Waals surface area contributed by atoms with Crippen LogP contribution in [-0.4, -0.2) is 42.2 Å². The zero-order valence-electron chi connectivity index (χ0n) is 15.2. The molecule has 150 valence electrons. The maximum atomic E-state index is 12.8. The van der Waals surface area contributed by atoms with Crippen molar-refractivity contribution in [2.75, 3.05) is 19.7 Å². The summed E-state index contributed by atoms with van der Waals surface area (Å²) in [5.74, 6) is 0.468. The number of nitrogens with zero attached hydrogens (tertiary/aromatic N) is 3. The molecule has 2 heterocycles. The molecule has 0 fully saturated rings. The number of benzene rings is 2. The highest BCUT2D eigenvalue weighted by Gasteiger charge is 2.30. The molecule has 0 unspecified atom stereocenters. The van der Waals surface area contributed by atoms with Crippen molar-refractivity contribution in [1.82, 2.24) is 4.90 Å². The SMILES string of the molecule is NC1=NCC(C(=O)N2CCOc3ccc(-c4ccc(C(F)(F)F)cc4)cc3C2)=N1. The molecule has 29 heavy (non-hydrogen) atoms. The fourth-order valence-corrected chi connectivity index (χ4v) is 3.26. The van der Waals surface area contributed by atoms with E-state index in [0.717, 1.165) is 23.3 Å². The van der Waals surface area contributed by atoms with Crippen molar-refractivity contribution < 1.29 is 22.7 Å². The van der Waals surface area contributed by atoms with E-state index in [1.807, 2.05) is 6.07 Å². The van der Waals surface area contributed by atoms with E-state index in [9.17, 15) is 18.0 Å². The second-order valence-corrected chi connectivity index (χ2v) is 6.71. The minimum absolute atomic E-state index is 0.0874. The number of guanidine groups is 1. The van der Waals surface area contributed by atoms with Gasteiger partial charge in [-0.15, -0.1) is 0 Å². The lowest BCUT2D eigenvalue weighted by molar-refractivity contribution is -0.137. The van der Waals surface area contributed by atoms with E-state index in [1.165, 1.54) is 12.1 Å². The average Bonchev–Trinajstić information content (AvgIpc) is 3.01. The van der Waals surface area contributed by atoms with E-state index >= 15 is 0 Å². The van der Waals surface area contributed by atoms with Crippen molar-refractivity contribution >= 4 is 17.6 Å². The van der Waals surface area contributed by atoms with Crippen molar-refractivity contribution in [2.45, 2.75) is 12.7 Å². The van der Waals surface area contributed by atoms with Crippen LogP contribution in [-0.2, 0) is 17.5 Å². The number of hydrogen-bond acceptors (Lipinski definition) is 5. The quantitative estimate of drug-likeness (QED) is 0.839. The molecular formula is C20H17F3N4O2. The molecule has 2 aliphatic rings. The third-order valence-electron chi connectivity index (χ3n) is 4.76. The van der Waals surface area contributed by atoms with E-state index in [0.29, 0.717) is 31.0 Å². The van der Waals surface area contributed by atoms with Crippen LogP contribution in [0.4, 0.5) is 13.2 Å². The summed E-state index contributed by atoms with van der Waals surface area (Å²) < 4.78 is 44.1. The first-order valence-corrected chi connectivity index (χ1v) is 8.91. The van der Waals surface area contributed by atoms with Crippen molar-refractivity contribution in [3.8, 4) is 16.9 Å². The van der Waals surface area contributed by atoms with Gasteiger partial charge in [-0.05, 0) is 35.4 Å². The fourth-order valence-electron chi connectivity index (χ4n) is 3.26. The van der Waals surface area contributed by atoms with Gasteiger partial charge in [0.25, 0.3) is 5.91 Å². The van der Waals surface area contributed by atoms with E-state index in [4.69, 9.17) is 10.5 Å². The van der Waals surface area contributed by atoms with Crippen molar-refractivity contribution in [2.24, 2.45) is 15.7 Å². The highest BCUT2D eigenvalue weighted by Crippen LogP contribution is 2.33. The summed E-state index contributed by atoms with van der Waals surface area (Å²) in [6, 6.07) is 10.3. The van der Waals surface area contributed by atoms with E-state index in [2.05, 4.69) is 9.98 Å². The first-order valence-electron chi connectivity index (χ1n) is 8.91. The molecule has 0 saturated heterocycles. The van der Waals surface area contributed by atoms with Gasteiger partial charge >= 0.3 is 6.18 Å². The number of hydrogen-bond donors (Lipinski definition) is 1. The first-order chi connectivity index (χ1) is 13.8. The molecule has 0 bridgehead atoms. The standard InChI is InChI=1S/C20H17F3N4O2/c21-20(22,23)15-4-1-12(2-5-15)13-3-6-17-14(9-13)11-27(7-8-29-17)18(28)16-10-25-19(24)26-16/h1-6,9H,7-8,10-11H2,(H2,24,25). The molecule has 2 aromatic rings. The van der Waals surface area contributed by atoms with Gasteiger partial charge in [-0.1, -0.05) is 18.2 Å². The zero-order valence-corrected chi connectivity index (χ0v) is 15.2. The summed E-state index contributed by atoms with van der Waals surface area (Å²) in [6.45, 7) is 1.14. The van der Waals surface area contributed by atoms with Crippen LogP contribution in [0, 0.1) is 0 Å². The third kappa shape index (κ3) is 3.94. The van der Waals surface area contributed by atoms with Crippen molar-refractivity contribution in [1.29, 1.82) is 0 Å². The smallest absolute Gasteiger partial charge is 0.416 e. The van der Waals surface area contributed by atoms with E-state index in [1.54, 1.807) is 17.0 Å². The van der Waals surface area contributed by atoms with E-state index < -0.39 is 11.7 Å². The van der Waals surface area contributed by atoms with Gasteiger partial charge < -0.3 is 15.4 Å². The monoisotopic (exact) mass is 402 g/mol. The second-order valence-electron chi connectivity index (χ2n) is 6.71. The third-order valence-corrected chi connectivity index (χ3v) is 4.76. The Bertz CT molecular complexity index is 1010. The molecule has 2 aromatic carbocycles. The number of carbonyl (C=O) groups excluding carboxylic acids is 1. The second kappa shape index (κ2) is 7.23. The summed E-state index contributed by atoms with van der Waals surface area (Å²) >= 11 is 0. The zero-order chi connectivity index (χ0) is 20.6. The van der Waals surface area contributed by atoms with Crippen LogP contribution in [0.25, 0.3) is 11.1 Å². The summed E-state index contributed by atoms with van der Waals surface area (Å²) in [4.78, 5) is 22.2. The van der Waals surface area contributed by atoms with Gasteiger partial charge in [0.1, 0.15) is 18.1 Å². The number of ether oxygens (including phenoxy) is 1. The molecule has 0 radical (unpaired) electrons. The normalized spacial score (nSPS) is 16.4. The molecule has 2 aliphatic heterocycles. The first kappa shape index (κ1) is 19.0. The highest BCUT2D eigenvalue weighted by atomic mass is 19.4.